The highest BCUT2D eigenvalue weighted by Gasteiger charge is 2.19. The predicted molar refractivity (Wildman–Crippen MR) is 100 cm³/mol. The number of amides is 1. The van der Waals surface area contributed by atoms with Gasteiger partial charge in [-0.2, -0.15) is 10.1 Å². The van der Waals surface area contributed by atoms with Crippen molar-refractivity contribution < 1.29 is 4.79 Å². The van der Waals surface area contributed by atoms with E-state index >= 15 is 0 Å². The standard InChI is InChI=1S/C18H18N6OS/c1-10(2)14-8-13(23-18-19-9-20-24(14)18)16(25)21-11(3)17-22-12-6-4-5-7-15(12)26-17/h4-11H,1-3H3,(H,21,25). The largest absolute Gasteiger partial charge is 0.342 e. The van der Waals surface area contributed by atoms with Crippen molar-refractivity contribution >= 4 is 33.2 Å². The Morgan fingerprint density at radius 1 is 1.19 bits per heavy atom. The topological polar surface area (TPSA) is 85.1 Å². The third kappa shape index (κ3) is 2.92. The second-order valence-electron chi connectivity index (χ2n) is 6.41. The number of aromatic nitrogens is 5. The van der Waals surface area contributed by atoms with Gasteiger partial charge in [0.2, 0.25) is 0 Å². The SMILES string of the molecule is CC(C)c1cc(C(=O)NC(C)c2nc3ccccc3s2)nc2ncnn12. The molecule has 1 atom stereocenters. The molecule has 4 aromatic rings. The fraction of sp³-hybridized carbons (Fsp3) is 0.278. The zero-order valence-electron chi connectivity index (χ0n) is 14.7. The molecule has 1 aromatic carbocycles. The van der Waals surface area contributed by atoms with Crippen LogP contribution in [0.3, 0.4) is 0 Å². The smallest absolute Gasteiger partial charge is 0.270 e. The summed E-state index contributed by atoms with van der Waals surface area (Å²) in [6, 6.07) is 9.50. The summed E-state index contributed by atoms with van der Waals surface area (Å²) in [6.07, 6.45) is 1.44. The van der Waals surface area contributed by atoms with Crippen molar-refractivity contribution in [2.45, 2.75) is 32.7 Å². The molecular formula is C18H18N6OS. The average molecular weight is 366 g/mol. The summed E-state index contributed by atoms with van der Waals surface area (Å²) in [4.78, 5) is 25.8. The fourth-order valence-corrected chi connectivity index (χ4v) is 3.74. The lowest BCUT2D eigenvalue weighted by molar-refractivity contribution is 0.0934. The van der Waals surface area contributed by atoms with E-state index in [0.717, 1.165) is 20.9 Å². The number of thiazole rings is 1. The van der Waals surface area contributed by atoms with Crippen molar-refractivity contribution in [2.75, 3.05) is 0 Å². The first kappa shape index (κ1) is 16.6. The summed E-state index contributed by atoms with van der Waals surface area (Å²) in [5, 5.41) is 8.03. The van der Waals surface area contributed by atoms with E-state index in [1.165, 1.54) is 6.33 Å². The molecule has 132 valence electrons. The Morgan fingerprint density at radius 2 is 2.00 bits per heavy atom. The Morgan fingerprint density at radius 3 is 2.77 bits per heavy atom. The highest BCUT2D eigenvalue weighted by Crippen LogP contribution is 2.26. The van der Waals surface area contributed by atoms with Gasteiger partial charge >= 0.3 is 0 Å². The van der Waals surface area contributed by atoms with Crippen LogP contribution >= 0.6 is 11.3 Å². The van der Waals surface area contributed by atoms with E-state index < -0.39 is 0 Å². The van der Waals surface area contributed by atoms with Crippen molar-refractivity contribution in [2.24, 2.45) is 0 Å². The summed E-state index contributed by atoms with van der Waals surface area (Å²) >= 11 is 1.58. The van der Waals surface area contributed by atoms with Gasteiger partial charge < -0.3 is 5.32 Å². The lowest BCUT2D eigenvalue weighted by Crippen LogP contribution is -2.28. The van der Waals surface area contributed by atoms with Crippen LogP contribution in [0, 0.1) is 0 Å². The zero-order chi connectivity index (χ0) is 18.3. The van der Waals surface area contributed by atoms with Crippen LogP contribution in [-0.2, 0) is 0 Å². The molecule has 1 N–H and O–H groups in total. The van der Waals surface area contributed by atoms with Gasteiger partial charge in [0.1, 0.15) is 17.0 Å². The lowest BCUT2D eigenvalue weighted by atomic mass is 10.1. The van der Waals surface area contributed by atoms with Crippen molar-refractivity contribution in [1.82, 2.24) is 29.9 Å². The van der Waals surface area contributed by atoms with E-state index in [2.05, 4.69) is 25.4 Å². The number of carbonyl (C=O) groups is 1. The Kier molecular flexibility index (Phi) is 4.12. The molecule has 0 saturated carbocycles. The number of nitrogens with one attached hydrogen (secondary N) is 1. The van der Waals surface area contributed by atoms with Gasteiger partial charge in [-0.3, -0.25) is 4.79 Å². The van der Waals surface area contributed by atoms with Gasteiger partial charge in [-0.05, 0) is 31.0 Å². The first-order valence-electron chi connectivity index (χ1n) is 8.40. The van der Waals surface area contributed by atoms with Gasteiger partial charge in [-0.1, -0.05) is 26.0 Å². The van der Waals surface area contributed by atoms with E-state index in [9.17, 15) is 4.79 Å². The summed E-state index contributed by atoms with van der Waals surface area (Å²) in [6.45, 7) is 6.01. The number of para-hydroxylation sites is 1. The zero-order valence-corrected chi connectivity index (χ0v) is 15.5. The molecule has 0 bridgehead atoms. The van der Waals surface area contributed by atoms with Gasteiger partial charge in [0.25, 0.3) is 11.7 Å². The van der Waals surface area contributed by atoms with Crippen LogP contribution in [0.1, 0.15) is 53.9 Å². The number of fused-ring (bicyclic) bond motifs is 2. The van der Waals surface area contributed by atoms with Crippen LogP contribution in [0.25, 0.3) is 16.0 Å². The maximum atomic E-state index is 12.7. The monoisotopic (exact) mass is 366 g/mol. The molecule has 0 aliphatic rings. The minimum atomic E-state index is -0.246. The highest BCUT2D eigenvalue weighted by atomic mass is 32.1. The number of hydrogen-bond acceptors (Lipinski definition) is 6. The summed E-state index contributed by atoms with van der Waals surface area (Å²) < 4.78 is 2.77. The summed E-state index contributed by atoms with van der Waals surface area (Å²) in [7, 11) is 0. The van der Waals surface area contributed by atoms with Gasteiger partial charge in [-0.25, -0.2) is 14.5 Å². The molecule has 0 aliphatic carbocycles. The van der Waals surface area contributed by atoms with Crippen LogP contribution in [0.4, 0.5) is 0 Å². The second kappa shape index (κ2) is 6.45. The minimum Gasteiger partial charge on any atom is -0.342 e. The molecule has 1 unspecified atom stereocenters. The van der Waals surface area contributed by atoms with Crippen LogP contribution in [0.5, 0.6) is 0 Å². The Balaban J connectivity index is 1.62. The van der Waals surface area contributed by atoms with E-state index in [1.807, 2.05) is 45.0 Å². The maximum Gasteiger partial charge on any atom is 0.270 e. The molecule has 0 saturated heterocycles. The van der Waals surface area contributed by atoms with Crippen molar-refractivity contribution in [3.8, 4) is 0 Å². The molecule has 7 nitrogen and oxygen atoms in total. The molecule has 0 aliphatic heterocycles. The van der Waals surface area contributed by atoms with Crippen molar-refractivity contribution in [3.63, 3.8) is 0 Å². The average Bonchev–Trinajstić information content (AvgIpc) is 3.26. The summed E-state index contributed by atoms with van der Waals surface area (Å²) in [5.74, 6) is 0.369. The Bertz CT molecular complexity index is 1070. The van der Waals surface area contributed by atoms with Crippen molar-refractivity contribution in [3.05, 3.63) is 53.1 Å². The normalized spacial score (nSPS) is 12.8. The molecule has 8 heteroatoms. The van der Waals surface area contributed by atoms with E-state index in [0.29, 0.717) is 11.5 Å². The molecular weight excluding hydrogens is 348 g/mol. The molecule has 1 amide bonds. The maximum absolute atomic E-state index is 12.7. The molecule has 3 heterocycles. The minimum absolute atomic E-state index is 0.190. The fourth-order valence-electron chi connectivity index (χ4n) is 2.77. The van der Waals surface area contributed by atoms with Crippen LogP contribution in [0.2, 0.25) is 0 Å². The molecule has 4 rings (SSSR count). The van der Waals surface area contributed by atoms with Crippen molar-refractivity contribution in [1.29, 1.82) is 0 Å². The van der Waals surface area contributed by atoms with Gasteiger partial charge in [0, 0.05) is 0 Å². The molecule has 0 radical (unpaired) electrons. The second-order valence-corrected chi connectivity index (χ2v) is 7.47. The van der Waals surface area contributed by atoms with Crippen LogP contribution in [-0.4, -0.2) is 30.5 Å². The number of nitrogens with zero attached hydrogens (tertiary/aromatic N) is 5. The third-order valence-electron chi connectivity index (χ3n) is 4.13. The molecule has 3 aromatic heterocycles. The number of benzene rings is 1. The molecule has 0 fully saturated rings. The molecule has 26 heavy (non-hydrogen) atoms. The highest BCUT2D eigenvalue weighted by molar-refractivity contribution is 7.18. The summed E-state index contributed by atoms with van der Waals surface area (Å²) in [5.41, 5.74) is 2.17. The number of carbonyl (C=O) groups excluding carboxylic acids is 1. The quantitative estimate of drug-likeness (QED) is 0.599. The van der Waals surface area contributed by atoms with E-state index in [-0.39, 0.29) is 17.9 Å². The van der Waals surface area contributed by atoms with Gasteiger partial charge in [0.05, 0.1) is 22.0 Å². The first-order valence-corrected chi connectivity index (χ1v) is 9.21. The predicted octanol–water partition coefficient (Wildman–Crippen LogP) is 3.35. The van der Waals surface area contributed by atoms with E-state index in [4.69, 9.17) is 0 Å². The van der Waals surface area contributed by atoms with Gasteiger partial charge in [0.15, 0.2) is 0 Å². The molecule has 0 spiro atoms. The number of rotatable bonds is 4. The van der Waals surface area contributed by atoms with Crippen LogP contribution < -0.4 is 5.32 Å². The number of hydrogen-bond donors (Lipinski definition) is 1. The van der Waals surface area contributed by atoms with E-state index in [1.54, 1.807) is 21.9 Å². The van der Waals surface area contributed by atoms with Crippen LogP contribution in [0.15, 0.2) is 36.7 Å². The Labute approximate surface area is 154 Å². The Hall–Kier alpha value is -2.87. The first-order chi connectivity index (χ1) is 12.5. The third-order valence-corrected chi connectivity index (χ3v) is 5.35. The van der Waals surface area contributed by atoms with Gasteiger partial charge in [-0.15, -0.1) is 11.3 Å². The lowest BCUT2D eigenvalue weighted by Gasteiger charge is -2.13.